The zero-order valence-electron chi connectivity index (χ0n) is 16.5. The molecule has 0 saturated carbocycles. The predicted octanol–water partition coefficient (Wildman–Crippen LogP) is 4.39. The molecular formula is C22H23N5O2. The summed E-state index contributed by atoms with van der Waals surface area (Å²) in [6.45, 7) is 3.75. The van der Waals surface area contributed by atoms with Crippen LogP contribution in [0.5, 0.6) is 5.75 Å². The van der Waals surface area contributed by atoms with E-state index in [9.17, 15) is 4.79 Å². The van der Waals surface area contributed by atoms with E-state index in [2.05, 4.69) is 15.3 Å². The molecule has 7 heteroatoms. The van der Waals surface area contributed by atoms with Gasteiger partial charge in [0.15, 0.2) is 0 Å². The van der Waals surface area contributed by atoms with Crippen LogP contribution in [0.4, 0.5) is 5.69 Å². The molecule has 7 nitrogen and oxygen atoms in total. The Hall–Kier alpha value is -3.74. The highest BCUT2D eigenvalue weighted by molar-refractivity contribution is 5.97. The van der Waals surface area contributed by atoms with Crippen LogP contribution < -0.4 is 10.1 Å². The normalized spacial score (nSPS) is 10.9. The first-order valence-corrected chi connectivity index (χ1v) is 9.35. The third-order valence-corrected chi connectivity index (χ3v) is 4.62. The van der Waals surface area contributed by atoms with Crippen molar-refractivity contribution in [3.8, 4) is 23.0 Å². The van der Waals surface area contributed by atoms with Gasteiger partial charge < -0.3 is 10.1 Å². The number of imidazole rings is 1. The fourth-order valence-electron chi connectivity index (χ4n) is 3.22. The summed E-state index contributed by atoms with van der Waals surface area (Å²) in [5, 5.41) is 3.68. The van der Waals surface area contributed by atoms with Crippen molar-refractivity contribution in [3.63, 3.8) is 0 Å². The number of nitrogens with zero attached hydrogens (tertiary/aromatic N) is 4. The molecule has 0 unspecified atom stereocenters. The molecule has 0 bridgehead atoms. The summed E-state index contributed by atoms with van der Waals surface area (Å²) in [6.07, 6.45) is 3.84. The number of aromatic nitrogens is 4. The lowest BCUT2D eigenvalue weighted by Gasteiger charge is -2.14. The van der Waals surface area contributed by atoms with Crippen molar-refractivity contribution in [2.45, 2.75) is 20.3 Å². The molecule has 0 radical (unpaired) electrons. The second-order valence-corrected chi connectivity index (χ2v) is 6.61. The number of amides is 1. The number of hydrogen-bond donors (Lipinski definition) is 1. The van der Waals surface area contributed by atoms with Crippen LogP contribution in [0.25, 0.3) is 28.1 Å². The molecule has 1 N–H and O–H groups in total. The second-order valence-electron chi connectivity index (χ2n) is 6.61. The van der Waals surface area contributed by atoms with Crippen LogP contribution in [-0.2, 0) is 4.79 Å². The van der Waals surface area contributed by atoms with E-state index in [0.717, 1.165) is 22.5 Å². The Labute approximate surface area is 169 Å². The third-order valence-electron chi connectivity index (χ3n) is 4.62. The van der Waals surface area contributed by atoms with E-state index in [1.165, 1.54) is 6.33 Å². The summed E-state index contributed by atoms with van der Waals surface area (Å²) in [4.78, 5) is 25.6. The first-order valence-electron chi connectivity index (χ1n) is 9.35. The zero-order valence-corrected chi connectivity index (χ0v) is 16.5. The van der Waals surface area contributed by atoms with Crippen molar-refractivity contribution >= 4 is 22.5 Å². The summed E-state index contributed by atoms with van der Waals surface area (Å²) in [5.74, 6) is 1.93. The van der Waals surface area contributed by atoms with E-state index in [-0.39, 0.29) is 7.33 Å². The van der Waals surface area contributed by atoms with Gasteiger partial charge >= 0.3 is 0 Å². The molecule has 0 fully saturated rings. The maximum absolute atomic E-state index is 12.0. The molecule has 0 spiro atoms. The van der Waals surface area contributed by atoms with Gasteiger partial charge in [0.2, 0.25) is 5.91 Å². The topological polar surface area (TPSA) is 81.9 Å². The van der Waals surface area contributed by atoms with Crippen LogP contribution in [0.1, 0.15) is 20.5 Å². The number of nitrogens with one attached hydrogen (secondary N) is 1. The van der Waals surface area contributed by atoms with E-state index >= 15 is 0 Å². The van der Waals surface area contributed by atoms with E-state index in [0.29, 0.717) is 29.2 Å². The van der Waals surface area contributed by atoms with Gasteiger partial charge in [-0.05, 0) is 13.0 Å². The van der Waals surface area contributed by atoms with Gasteiger partial charge in [0.1, 0.15) is 23.7 Å². The van der Waals surface area contributed by atoms with E-state index in [1.807, 2.05) is 54.1 Å². The molecule has 4 rings (SSSR count). The summed E-state index contributed by atoms with van der Waals surface area (Å²) in [6, 6.07) is 13.6. The quantitative estimate of drug-likeness (QED) is 0.547. The van der Waals surface area contributed by atoms with E-state index in [1.54, 1.807) is 20.1 Å². The standard InChI is InChI=1S/C22H21N5O2.H2/c1-4-20(28)26-18-10-16-17(11-19(18)29-3)23-13-24-22(16)27-12-14(2)25-21(27)15-8-6-5-7-9-15;/h5-13H,4H2,1-3H3,(H,26,28);1H. The minimum atomic E-state index is -0.0931. The van der Waals surface area contributed by atoms with Gasteiger partial charge in [-0.1, -0.05) is 37.3 Å². The summed E-state index contributed by atoms with van der Waals surface area (Å²) in [5.41, 5.74) is 3.16. The smallest absolute Gasteiger partial charge is 0.224 e. The van der Waals surface area contributed by atoms with Crippen molar-refractivity contribution in [1.82, 2.24) is 19.5 Å². The number of carbonyl (C=O) groups is 1. The molecule has 0 aliphatic rings. The van der Waals surface area contributed by atoms with Crippen LogP contribution in [0.3, 0.4) is 0 Å². The molecule has 29 heavy (non-hydrogen) atoms. The van der Waals surface area contributed by atoms with Gasteiger partial charge in [-0.15, -0.1) is 0 Å². The van der Waals surface area contributed by atoms with Crippen LogP contribution in [0.2, 0.25) is 0 Å². The highest BCUT2D eigenvalue weighted by atomic mass is 16.5. The van der Waals surface area contributed by atoms with Gasteiger partial charge in [0, 0.05) is 31.1 Å². The number of benzene rings is 2. The average molecular weight is 389 g/mol. The van der Waals surface area contributed by atoms with Gasteiger partial charge in [-0.25, -0.2) is 15.0 Å². The van der Waals surface area contributed by atoms with Crippen LogP contribution >= 0.6 is 0 Å². The first-order chi connectivity index (χ1) is 14.1. The molecule has 1 amide bonds. The molecular weight excluding hydrogens is 366 g/mol. The van der Waals surface area contributed by atoms with Gasteiger partial charge in [0.05, 0.1) is 24.0 Å². The number of aryl methyl sites for hydroxylation is 1. The molecule has 0 aliphatic heterocycles. The number of ether oxygens (including phenoxy) is 1. The van der Waals surface area contributed by atoms with E-state index in [4.69, 9.17) is 9.72 Å². The minimum absolute atomic E-state index is 0. The largest absolute Gasteiger partial charge is 0.494 e. The fraction of sp³-hybridized carbons (Fsp3) is 0.182. The number of methoxy groups -OCH3 is 1. The van der Waals surface area contributed by atoms with Crippen LogP contribution in [0.15, 0.2) is 55.0 Å². The number of fused-ring (bicyclic) bond motifs is 1. The SMILES string of the molecule is CCC(=O)Nc1cc2c(-n3cc(C)nc3-c3ccccc3)ncnc2cc1OC.[HH]. The first kappa shape index (κ1) is 18.6. The minimum Gasteiger partial charge on any atom is -0.494 e. The van der Waals surface area contributed by atoms with E-state index < -0.39 is 0 Å². The molecule has 4 aromatic rings. The maximum atomic E-state index is 12.0. The Morgan fingerprint density at radius 2 is 2.00 bits per heavy atom. The molecule has 2 aromatic carbocycles. The van der Waals surface area contributed by atoms with Crippen molar-refractivity contribution in [3.05, 3.63) is 60.7 Å². The monoisotopic (exact) mass is 389 g/mol. The van der Waals surface area contributed by atoms with Gasteiger partial charge in [-0.3, -0.25) is 9.36 Å². The maximum Gasteiger partial charge on any atom is 0.224 e. The Balaban J connectivity index is 0.00000256. The molecule has 0 saturated heterocycles. The fourth-order valence-corrected chi connectivity index (χ4v) is 3.22. The summed E-state index contributed by atoms with van der Waals surface area (Å²) in [7, 11) is 1.57. The van der Waals surface area contributed by atoms with Crippen LogP contribution in [-0.4, -0.2) is 32.5 Å². The average Bonchev–Trinajstić information content (AvgIpc) is 3.14. The number of rotatable bonds is 5. The van der Waals surface area contributed by atoms with Crippen molar-refractivity contribution < 1.29 is 11.0 Å². The number of hydrogen-bond acceptors (Lipinski definition) is 5. The molecule has 148 valence electrons. The molecule has 0 atom stereocenters. The van der Waals surface area contributed by atoms with Crippen LogP contribution in [0, 0.1) is 6.92 Å². The number of anilines is 1. The van der Waals surface area contributed by atoms with Crippen molar-refractivity contribution in [1.29, 1.82) is 0 Å². The number of carbonyl (C=O) groups excluding carboxylic acids is 1. The molecule has 2 heterocycles. The second kappa shape index (κ2) is 7.71. The highest BCUT2D eigenvalue weighted by Crippen LogP contribution is 2.33. The lowest BCUT2D eigenvalue weighted by molar-refractivity contribution is -0.115. The lowest BCUT2D eigenvalue weighted by atomic mass is 10.1. The lowest BCUT2D eigenvalue weighted by Crippen LogP contribution is -2.11. The summed E-state index contributed by atoms with van der Waals surface area (Å²) >= 11 is 0. The third kappa shape index (κ3) is 3.54. The summed E-state index contributed by atoms with van der Waals surface area (Å²) < 4.78 is 7.40. The zero-order chi connectivity index (χ0) is 20.4. The Morgan fingerprint density at radius 3 is 2.72 bits per heavy atom. The predicted molar refractivity (Wildman–Crippen MR) is 114 cm³/mol. The molecule has 0 aliphatic carbocycles. The van der Waals surface area contributed by atoms with Gasteiger partial charge in [-0.2, -0.15) is 0 Å². The Morgan fingerprint density at radius 1 is 1.21 bits per heavy atom. The molecule has 2 aromatic heterocycles. The van der Waals surface area contributed by atoms with Gasteiger partial charge in [0.25, 0.3) is 0 Å². The van der Waals surface area contributed by atoms with Crippen molar-refractivity contribution in [2.75, 3.05) is 12.4 Å². The van der Waals surface area contributed by atoms with Crippen molar-refractivity contribution in [2.24, 2.45) is 0 Å². The Kier molecular flexibility index (Phi) is 4.95. The highest BCUT2D eigenvalue weighted by Gasteiger charge is 2.16. The Bertz CT molecular complexity index is 1190.